The lowest BCUT2D eigenvalue weighted by atomic mass is 10.1. The SMILES string of the molecule is CCNC(COCCOC)Cc1ccc(Br)cc1. The molecule has 18 heavy (non-hydrogen) atoms. The van der Waals surface area contributed by atoms with Gasteiger partial charge in [0.2, 0.25) is 0 Å². The molecule has 0 fully saturated rings. The van der Waals surface area contributed by atoms with E-state index in [-0.39, 0.29) is 0 Å². The molecule has 1 N–H and O–H groups in total. The maximum atomic E-state index is 5.59. The maximum Gasteiger partial charge on any atom is 0.0701 e. The smallest absolute Gasteiger partial charge is 0.0701 e. The number of nitrogens with one attached hydrogen (secondary N) is 1. The molecule has 4 heteroatoms. The topological polar surface area (TPSA) is 30.5 Å². The van der Waals surface area contributed by atoms with Crippen LogP contribution in [0.1, 0.15) is 12.5 Å². The zero-order valence-corrected chi connectivity index (χ0v) is 12.7. The van der Waals surface area contributed by atoms with Crippen LogP contribution in [-0.4, -0.2) is 39.5 Å². The van der Waals surface area contributed by atoms with Crippen LogP contribution in [0, 0.1) is 0 Å². The molecule has 1 atom stereocenters. The molecule has 3 nitrogen and oxygen atoms in total. The molecule has 0 saturated carbocycles. The molecule has 0 aliphatic rings. The molecule has 0 aromatic heterocycles. The van der Waals surface area contributed by atoms with E-state index >= 15 is 0 Å². The normalized spacial score (nSPS) is 12.6. The van der Waals surface area contributed by atoms with Gasteiger partial charge in [0.05, 0.1) is 19.8 Å². The molecule has 0 bridgehead atoms. The summed E-state index contributed by atoms with van der Waals surface area (Å²) < 4.78 is 11.7. The third kappa shape index (κ3) is 6.50. The number of likely N-dealkylation sites (N-methyl/N-ethyl adjacent to an activating group) is 1. The lowest BCUT2D eigenvalue weighted by molar-refractivity contribution is 0.0589. The summed E-state index contributed by atoms with van der Waals surface area (Å²) in [6.45, 7) is 5.09. The number of methoxy groups -OCH3 is 1. The lowest BCUT2D eigenvalue weighted by Crippen LogP contribution is -2.35. The van der Waals surface area contributed by atoms with Gasteiger partial charge in [-0.2, -0.15) is 0 Å². The zero-order chi connectivity index (χ0) is 13.2. The van der Waals surface area contributed by atoms with Gasteiger partial charge in [-0.15, -0.1) is 0 Å². The summed E-state index contributed by atoms with van der Waals surface area (Å²) in [6, 6.07) is 8.79. The number of halogens is 1. The summed E-state index contributed by atoms with van der Waals surface area (Å²) in [5.74, 6) is 0. The first-order valence-corrected chi connectivity index (χ1v) is 7.10. The molecular weight excluding hydrogens is 294 g/mol. The Morgan fingerprint density at radius 2 is 1.94 bits per heavy atom. The van der Waals surface area contributed by atoms with Gasteiger partial charge < -0.3 is 14.8 Å². The molecule has 0 heterocycles. The van der Waals surface area contributed by atoms with E-state index in [2.05, 4.69) is 52.4 Å². The molecule has 1 unspecified atom stereocenters. The minimum absolute atomic E-state index is 0.355. The molecular formula is C14H22BrNO2. The predicted molar refractivity (Wildman–Crippen MR) is 78.0 cm³/mol. The summed E-state index contributed by atoms with van der Waals surface area (Å²) in [5, 5.41) is 3.45. The van der Waals surface area contributed by atoms with Gasteiger partial charge in [0.1, 0.15) is 0 Å². The fourth-order valence-electron chi connectivity index (χ4n) is 1.75. The maximum absolute atomic E-state index is 5.59. The fourth-order valence-corrected chi connectivity index (χ4v) is 2.02. The Hall–Kier alpha value is -0.420. The summed E-state index contributed by atoms with van der Waals surface area (Å²) in [7, 11) is 1.69. The molecule has 0 radical (unpaired) electrons. The van der Waals surface area contributed by atoms with Gasteiger partial charge in [-0.05, 0) is 30.7 Å². The van der Waals surface area contributed by atoms with E-state index in [1.165, 1.54) is 5.56 Å². The highest BCUT2D eigenvalue weighted by atomic mass is 79.9. The Balaban J connectivity index is 2.38. The summed E-state index contributed by atoms with van der Waals surface area (Å²) >= 11 is 3.45. The van der Waals surface area contributed by atoms with Crippen LogP contribution in [0.5, 0.6) is 0 Å². The van der Waals surface area contributed by atoms with E-state index in [4.69, 9.17) is 9.47 Å². The van der Waals surface area contributed by atoms with E-state index in [1.54, 1.807) is 7.11 Å². The van der Waals surface area contributed by atoms with Gasteiger partial charge in [0.15, 0.2) is 0 Å². The van der Waals surface area contributed by atoms with Gasteiger partial charge >= 0.3 is 0 Å². The van der Waals surface area contributed by atoms with Crippen molar-refractivity contribution in [3.8, 4) is 0 Å². The van der Waals surface area contributed by atoms with Crippen molar-refractivity contribution in [3.63, 3.8) is 0 Å². The first-order valence-electron chi connectivity index (χ1n) is 6.30. The molecule has 0 amide bonds. The van der Waals surface area contributed by atoms with Crippen LogP contribution in [0.15, 0.2) is 28.7 Å². The molecule has 0 aliphatic heterocycles. The largest absolute Gasteiger partial charge is 0.382 e. The molecule has 1 aromatic carbocycles. The minimum atomic E-state index is 0.355. The average molecular weight is 316 g/mol. The monoisotopic (exact) mass is 315 g/mol. The Labute approximate surface area is 118 Å². The number of hydrogen-bond donors (Lipinski definition) is 1. The molecule has 0 saturated heterocycles. The van der Waals surface area contributed by atoms with Crippen LogP contribution in [0.3, 0.4) is 0 Å². The third-order valence-corrected chi connectivity index (χ3v) is 3.17. The minimum Gasteiger partial charge on any atom is -0.382 e. The third-order valence-electron chi connectivity index (χ3n) is 2.64. The van der Waals surface area contributed by atoms with E-state index in [0.717, 1.165) is 17.4 Å². The van der Waals surface area contributed by atoms with Gasteiger partial charge in [0.25, 0.3) is 0 Å². The number of benzene rings is 1. The van der Waals surface area contributed by atoms with E-state index in [1.807, 2.05) is 0 Å². The molecule has 1 aromatic rings. The predicted octanol–water partition coefficient (Wildman–Crippen LogP) is 2.63. The van der Waals surface area contributed by atoms with E-state index in [9.17, 15) is 0 Å². The second-order valence-electron chi connectivity index (χ2n) is 4.15. The van der Waals surface area contributed by atoms with Crippen molar-refractivity contribution in [1.82, 2.24) is 5.32 Å². The standard InChI is InChI=1S/C14H22BrNO2/c1-3-16-14(11-18-9-8-17-2)10-12-4-6-13(15)7-5-12/h4-7,14,16H,3,8-11H2,1-2H3. The van der Waals surface area contributed by atoms with Crippen molar-refractivity contribution in [2.24, 2.45) is 0 Å². The van der Waals surface area contributed by atoms with Gasteiger partial charge in [-0.3, -0.25) is 0 Å². The quantitative estimate of drug-likeness (QED) is 0.711. The van der Waals surface area contributed by atoms with Crippen LogP contribution in [0.4, 0.5) is 0 Å². The Morgan fingerprint density at radius 3 is 2.56 bits per heavy atom. The number of hydrogen-bond acceptors (Lipinski definition) is 3. The van der Waals surface area contributed by atoms with E-state index in [0.29, 0.717) is 25.9 Å². The zero-order valence-electron chi connectivity index (χ0n) is 11.1. The molecule has 1 rings (SSSR count). The second kappa shape index (κ2) is 9.50. The average Bonchev–Trinajstić information content (AvgIpc) is 2.37. The van der Waals surface area contributed by atoms with E-state index < -0.39 is 0 Å². The Morgan fingerprint density at radius 1 is 1.22 bits per heavy atom. The first-order chi connectivity index (χ1) is 8.76. The summed E-state index contributed by atoms with van der Waals surface area (Å²) in [5.41, 5.74) is 1.32. The Kier molecular flexibility index (Phi) is 8.25. The fraction of sp³-hybridized carbons (Fsp3) is 0.571. The molecule has 102 valence electrons. The highest BCUT2D eigenvalue weighted by Crippen LogP contribution is 2.12. The first kappa shape index (κ1) is 15.6. The van der Waals surface area contributed by atoms with Gasteiger partial charge in [-0.1, -0.05) is 35.0 Å². The summed E-state index contributed by atoms with van der Waals surface area (Å²) in [6.07, 6.45) is 0.980. The summed E-state index contributed by atoms with van der Waals surface area (Å²) in [4.78, 5) is 0. The van der Waals surface area contributed by atoms with Gasteiger partial charge in [0, 0.05) is 17.6 Å². The number of ether oxygens (including phenoxy) is 2. The van der Waals surface area contributed by atoms with Crippen LogP contribution in [-0.2, 0) is 15.9 Å². The van der Waals surface area contributed by atoms with Crippen molar-refractivity contribution < 1.29 is 9.47 Å². The van der Waals surface area contributed by atoms with Crippen LogP contribution in [0.2, 0.25) is 0 Å². The second-order valence-corrected chi connectivity index (χ2v) is 5.07. The molecule has 0 aliphatic carbocycles. The lowest BCUT2D eigenvalue weighted by Gasteiger charge is -2.18. The highest BCUT2D eigenvalue weighted by molar-refractivity contribution is 9.10. The van der Waals surface area contributed by atoms with Crippen molar-refractivity contribution in [2.45, 2.75) is 19.4 Å². The molecule has 0 spiro atoms. The van der Waals surface area contributed by atoms with Crippen LogP contribution < -0.4 is 5.32 Å². The van der Waals surface area contributed by atoms with Crippen molar-refractivity contribution in [1.29, 1.82) is 0 Å². The number of rotatable bonds is 9. The van der Waals surface area contributed by atoms with Gasteiger partial charge in [-0.25, -0.2) is 0 Å². The van der Waals surface area contributed by atoms with Crippen molar-refractivity contribution in [3.05, 3.63) is 34.3 Å². The Bertz CT molecular complexity index is 316. The highest BCUT2D eigenvalue weighted by Gasteiger charge is 2.08. The van der Waals surface area contributed by atoms with Crippen molar-refractivity contribution >= 4 is 15.9 Å². The van der Waals surface area contributed by atoms with Crippen molar-refractivity contribution in [2.75, 3.05) is 33.5 Å². The van der Waals surface area contributed by atoms with Crippen LogP contribution in [0.25, 0.3) is 0 Å². The van der Waals surface area contributed by atoms with Crippen LogP contribution >= 0.6 is 15.9 Å².